The van der Waals surface area contributed by atoms with Crippen LogP contribution in [0.15, 0.2) is 0 Å². The molecule has 4 nitrogen and oxygen atoms in total. The van der Waals surface area contributed by atoms with Crippen molar-refractivity contribution in [2.75, 3.05) is 20.3 Å². The van der Waals surface area contributed by atoms with E-state index in [1.165, 1.54) is 7.11 Å². The molecule has 0 bridgehead atoms. The van der Waals surface area contributed by atoms with Crippen LogP contribution in [0, 0.1) is 0 Å². The minimum Gasteiger partial charge on any atom is -0.469 e. The molecule has 0 aliphatic carbocycles. The lowest BCUT2D eigenvalue weighted by molar-refractivity contribution is -0.140. The van der Waals surface area contributed by atoms with Crippen molar-refractivity contribution in [3.05, 3.63) is 0 Å². The van der Waals surface area contributed by atoms with Gasteiger partial charge < -0.3 is 14.2 Å². The van der Waals surface area contributed by atoms with E-state index in [4.69, 9.17) is 9.47 Å². The van der Waals surface area contributed by atoms with E-state index >= 15 is 0 Å². The monoisotopic (exact) mass is 260 g/mol. The fourth-order valence-corrected chi connectivity index (χ4v) is 1.80. The molecule has 4 heteroatoms. The lowest BCUT2D eigenvalue weighted by atomic mass is 10.1. The van der Waals surface area contributed by atoms with Gasteiger partial charge in [-0.25, -0.2) is 0 Å². The van der Waals surface area contributed by atoms with Crippen molar-refractivity contribution in [1.29, 1.82) is 0 Å². The molecule has 0 unspecified atom stereocenters. The van der Waals surface area contributed by atoms with Crippen molar-refractivity contribution in [2.24, 2.45) is 0 Å². The average Bonchev–Trinajstić information content (AvgIpc) is 2.37. The first-order valence-electron chi connectivity index (χ1n) is 7.04. The van der Waals surface area contributed by atoms with Gasteiger partial charge in [0.15, 0.2) is 6.29 Å². The highest BCUT2D eigenvalue weighted by Crippen LogP contribution is 2.11. The zero-order valence-electron chi connectivity index (χ0n) is 12.1. The van der Waals surface area contributed by atoms with E-state index in [0.29, 0.717) is 19.6 Å². The minimum atomic E-state index is -0.109. The first-order valence-corrected chi connectivity index (χ1v) is 7.04. The van der Waals surface area contributed by atoms with E-state index in [-0.39, 0.29) is 12.3 Å². The molecule has 0 aromatic rings. The summed E-state index contributed by atoms with van der Waals surface area (Å²) in [7, 11) is 1.43. The van der Waals surface area contributed by atoms with Crippen LogP contribution in [0.2, 0.25) is 0 Å². The van der Waals surface area contributed by atoms with Crippen LogP contribution in [0.3, 0.4) is 0 Å². The average molecular weight is 260 g/mol. The standard InChI is InChI=1S/C14H28O4/c1-4-17-14(18-5-2)12-10-8-6-7-9-11-13(15)16-3/h14H,4-12H2,1-3H3. The van der Waals surface area contributed by atoms with Gasteiger partial charge in [0, 0.05) is 19.6 Å². The molecule has 0 fully saturated rings. The Morgan fingerprint density at radius 1 is 0.944 bits per heavy atom. The van der Waals surface area contributed by atoms with Gasteiger partial charge in [0.2, 0.25) is 0 Å². The van der Waals surface area contributed by atoms with Gasteiger partial charge in [-0.1, -0.05) is 19.3 Å². The maximum Gasteiger partial charge on any atom is 0.305 e. The van der Waals surface area contributed by atoms with Gasteiger partial charge in [0.1, 0.15) is 0 Å². The molecule has 0 aliphatic rings. The Morgan fingerprint density at radius 2 is 1.50 bits per heavy atom. The van der Waals surface area contributed by atoms with E-state index in [0.717, 1.165) is 38.5 Å². The van der Waals surface area contributed by atoms with E-state index in [1.54, 1.807) is 0 Å². The minimum absolute atomic E-state index is 0.0462. The number of ether oxygens (including phenoxy) is 3. The van der Waals surface area contributed by atoms with Crippen molar-refractivity contribution in [2.45, 2.75) is 65.1 Å². The fourth-order valence-electron chi connectivity index (χ4n) is 1.80. The highest BCUT2D eigenvalue weighted by atomic mass is 16.7. The molecule has 0 rings (SSSR count). The Hall–Kier alpha value is -0.610. The molecule has 0 radical (unpaired) electrons. The zero-order valence-corrected chi connectivity index (χ0v) is 12.1. The molecule has 0 atom stereocenters. The lowest BCUT2D eigenvalue weighted by Crippen LogP contribution is -2.17. The van der Waals surface area contributed by atoms with Crippen LogP contribution < -0.4 is 0 Å². The Balaban J connectivity index is 3.34. The summed E-state index contributed by atoms with van der Waals surface area (Å²) >= 11 is 0. The molecule has 108 valence electrons. The summed E-state index contributed by atoms with van der Waals surface area (Å²) < 4.78 is 15.5. The Kier molecular flexibility index (Phi) is 12.4. The fraction of sp³-hybridized carbons (Fsp3) is 0.929. The van der Waals surface area contributed by atoms with E-state index < -0.39 is 0 Å². The second-order valence-electron chi connectivity index (χ2n) is 4.22. The number of unbranched alkanes of at least 4 members (excludes halogenated alkanes) is 4. The van der Waals surface area contributed by atoms with Crippen LogP contribution in [-0.2, 0) is 19.0 Å². The molecule has 0 spiro atoms. The van der Waals surface area contributed by atoms with E-state index in [2.05, 4.69) is 4.74 Å². The summed E-state index contributed by atoms with van der Waals surface area (Å²) in [5, 5.41) is 0. The summed E-state index contributed by atoms with van der Waals surface area (Å²) in [5.74, 6) is -0.109. The highest BCUT2D eigenvalue weighted by molar-refractivity contribution is 5.68. The summed E-state index contributed by atoms with van der Waals surface area (Å²) in [6.45, 7) is 5.37. The number of hydrogen-bond acceptors (Lipinski definition) is 4. The second kappa shape index (κ2) is 12.8. The molecule has 0 saturated carbocycles. The quantitative estimate of drug-likeness (QED) is 0.307. The third-order valence-electron chi connectivity index (χ3n) is 2.75. The van der Waals surface area contributed by atoms with Gasteiger partial charge in [0.25, 0.3) is 0 Å². The molecule has 18 heavy (non-hydrogen) atoms. The topological polar surface area (TPSA) is 44.8 Å². The van der Waals surface area contributed by atoms with Crippen LogP contribution >= 0.6 is 0 Å². The summed E-state index contributed by atoms with van der Waals surface area (Å²) in [4.78, 5) is 10.9. The SMILES string of the molecule is CCOC(CCCCCCCC(=O)OC)OCC. The Morgan fingerprint density at radius 3 is 2.06 bits per heavy atom. The molecular formula is C14H28O4. The summed E-state index contributed by atoms with van der Waals surface area (Å²) in [5.41, 5.74) is 0. The van der Waals surface area contributed by atoms with Crippen molar-refractivity contribution in [3.8, 4) is 0 Å². The number of rotatable bonds is 12. The van der Waals surface area contributed by atoms with E-state index in [1.807, 2.05) is 13.8 Å². The summed E-state index contributed by atoms with van der Waals surface area (Å²) in [6, 6.07) is 0. The number of carbonyl (C=O) groups is 1. The van der Waals surface area contributed by atoms with Crippen molar-refractivity contribution in [3.63, 3.8) is 0 Å². The number of hydrogen-bond donors (Lipinski definition) is 0. The number of methoxy groups -OCH3 is 1. The van der Waals surface area contributed by atoms with Gasteiger partial charge >= 0.3 is 5.97 Å². The van der Waals surface area contributed by atoms with Gasteiger partial charge in [0.05, 0.1) is 7.11 Å². The predicted molar refractivity (Wildman–Crippen MR) is 71.4 cm³/mol. The molecule has 0 amide bonds. The predicted octanol–water partition coefficient (Wildman–Crippen LogP) is 3.29. The van der Waals surface area contributed by atoms with Gasteiger partial charge in [-0.3, -0.25) is 4.79 Å². The van der Waals surface area contributed by atoms with Crippen molar-refractivity contribution >= 4 is 5.97 Å². The first kappa shape index (κ1) is 17.4. The maximum atomic E-state index is 10.9. The second-order valence-corrected chi connectivity index (χ2v) is 4.22. The number of carbonyl (C=O) groups excluding carboxylic acids is 1. The van der Waals surface area contributed by atoms with Gasteiger partial charge in [-0.15, -0.1) is 0 Å². The lowest BCUT2D eigenvalue weighted by Gasteiger charge is -2.16. The molecule has 0 saturated heterocycles. The zero-order chi connectivity index (χ0) is 13.6. The van der Waals surface area contributed by atoms with Crippen molar-refractivity contribution in [1.82, 2.24) is 0 Å². The van der Waals surface area contributed by atoms with Crippen molar-refractivity contribution < 1.29 is 19.0 Å². The third kappa shape index (κ3) is 10.5. The molecule has 0 aliphatic heterocycles. The van der Waals surface area contributed by atoms with Crippen LogP contribution in [-0.4, -0.2) is 32.6 Å². The number of esters is 1. The largest absolute Gasteiger partial charge is 0.469 e. The molecular weight excluding hydrogens is 232 g/mol. The van der Waals surface area contributed by atoms with E-state index in [9.17, 15) is 4.79 Å². The first-order chi connectivity index (χ1) is 8.74. The highest BCUT2D eigenvalue weighted by Gasteiger charge is 2.06. The molecule has 0 heterocycles. The normalized spacial score (nSPS) is 10.9. The maximum absolute atomic E-state index is 10.9. The smallest absolute Gasteiger partial charge is 0.305 e. The molecule has 0 aromatic heterocycles. The van der Waals surface area contributed by atoms with Gasteiger partial charge in [-0.2, -0.15) is 0 Å². The van der Waals surface area contributed by atoms with Gasteiger partial charge in [-0.05, 0) is 33.1 Å². The Labute approximate surface area is 111 Å². The Bertz CT molecular complexity index is 188. The molecule has 0 N–H and O–H groups in total. The van der Waals surface area contributed by atoms with Crippen LogP contribution in [0.1, 0.15) is 58.8 Å². The molecule has 0 aromatic carbocycles. The summed E-state index contributed by atoms with van der Waals surface area (Å²) in [6.07, 6.45) is 6.89. The van der Waals surface area contributed by atoms with Crippen LogP contribution in [0.25, 0.3) is 0 Å². The third-order valence-corrected chi connectivity index (χ3v) is 2.75. The van der Waals surface area contributed by atoms with Crippen LogP contribution in [0.4, 0.5) is 0 Å². The van der Waals surface area contributed by atoms with Crippen LogP contribution in [0.5, 0.6) is 0 Å².